The molecule has 0 aromatic heterocycles. The lowest BCUT2D eigenvalue weighted by Gasteiger charge is -2.12. The maximum atomic E-state index is 12.7. The zero-order valence-corrected chi connectivity index (χ0v) is 15.4. The lowest BCUT2D eigenvalue weighted by Crippen LogP contribution is -2.22. The van der Waals surface area contributed by atoms with Crippen molar-refractivity contribution in [1.29, 1.82) is 0 Å². The number of carbonyl (C=O) groups excluding carboxylic acids is 2. The molecule has 2 rings (SSSR count). The molecular formula is C17H12BrClF3NO3. The molecule has 4 nitrogen and oxygen atoms in total. The van der Waals surface area contributed by atoms with Gasteiger partial charge < -0.3 is 10.1 Å². The summed E-state index contributed by atoms with van der Waals surface area (Å²) in [5, 5.41) is 2.13. The molecule has 0 aliphatic heterocycles. The Morgan fingerprint density at radius 1 is 1.12 bits per heavy atom. The van der Waals surface area contributed by atoms with Crippen LogP contribution in [0.25, 0.3) is 0 Å². The van der Waals surface area contributed by atoms with E-state index in [4.69, 9.17) is 16.3 Å². The van der Waals surface area contributed by atoms with Crippen LogP contribution < -0.4 is 5.32 Å². The first-order valence-corrected chi connectivity index (χ1v) is 8.39. The van der Waals surface area contributed by atoms with E-state index in [1.54, 1.807) is 24.3 Å². The number of alkyl halides is 3. The molecule has 0 saturated carbocycles. The molecule has 2 aromatic carbocycles. The summed E-state index contributed by atoms with van der Waals surface area (Å²) >= 11 is 9.05. The minimum absolute atomic E-state index is 0.0368. The summed E-state index contributed by atoms with van der Waals surface area (Å²) in [6.45, 7) is -0.637. The normalized spacial score (nSPS) is 11.1. The van der Waals surface area contributed by atoms with Crippen LogP contribution in [0.15, 0.2) is 46.9 Å². The first-order chi connectivity index (χ1) is 12.1. The molecule has 1 N–H and O–H groups in total. The van der Waals surface area contributed by atoms with Crippen molar-refractivity contribution in [3.8, 4) is 0 Å². The second-order valence-electron chi connectivity index (χ2n) is 5.20. The van der Waals surface area contributed by atoms with Gasteiger partial charge in [-0.15, -0.1) is 0 Å². The molecule has 0 heterocycles. The van der Waals surface area contributed by atoms with Crippen LogP contribution in [0.5, 0.6) is 0 Å². The summed E-state index contributed by atoms with van der Waals surface area (Å²) in [5.74, 6) is -1.44. The Balaban J connectivity index is 1.90. The highest BCUT2D eigenvalue weighted by Gasteiger charge is 2.31. The van der Waals surface area contributed by atoms with Crippen LogP contribution in [0.3, 0.4) is 0 Å². The van der Waals surface area contributed by atoms with E-state index in [1.807, 2.05) is 0 Å². The Morgan fingerprint density at radius 2 is 1.77 bits per heavy atom. The summed E-state index contributed by atoms with van der Waals surface area (Å²) in [6, 6.07) is 9.48. The number of amides is 1. The predicted octanol–water partition coefficient (Wildman–Crippen LogP) is 4.85. The standard InChI is InChI=1S/C17H12BrClF3NO3/c18-12-4-1-10(2-5-12)7-16(25)26-9-15(24)23-14-8-11(17(20,21)22)3-6-13(14)19/h1-6,8H,7,9H2,(H,23,24). The highest BCUT2D eigenvalue weighted by Crippen LogP contribution is 2.33. The molecule has 0 atom stereocenters. The predicted molar refractivity (Wildman–Crippen MR) is 93.9 cm³/mol. The second kappa shape index (κ2) is 8.55. The minimum atomic E-state index is -4.57. The molecule has 0 aliphatic carbocycles. The first-order valence-electron chi connectivity index (χ1n) is 7.22. The van der Waals surface area contributed by atoms with Crippen molar-refractivity contribution in [2.45, 2.75) is 12.6 Å². The number of carbonyl (C=O) groups is 2. The number of benzene rings is 2. The largest absolute Gasteiger partial charge is 0.455 e. The molecule has 0 saturated heterocycles. The molecule has 0 radical (unpaired) electrons. The number of hydrogen-bond acceptors (Lipinski definition) is 3. The first kappa shape index (κ1) is 20.3. The number of esters is 1. The van der Waals surface area contributed by atoms with Crippen LogP contribution >= 0.6 is 27.5 Å². The van der Waals surface area contributed by atoms with Crippen molar-refractivity contribution in [3.63, 3.8) is 0 Å². The molecule has 0 unspecified atom stereocenters. The topological polar surface area (TPSA) is 55.4 Å². The monoisotopic (exact) mass is 449 g/mol. The van der Waals surface area contributed by atoms with Crippen LogP contribution in [0.4, 0.5) is 18.9 Å². The van der Waals surface area contributed by atoms with Gasteiger partial charge in [0.1, 0.15) is 0 Å². The van der Waals surface area contributed by atoms with Gasteiger partial charge in [0, 0.05) is 4.47 Å². The smallest absolute Gasteiger partial charge is 0.416 e. The zero-order valence-electron chi connectivity index (χ0n) is 13.1. The number of ether oxygens (including phenoxy) is 1. The Morgan fingerprint density at radius 3 is 2.38 bits per heavy atom. The van der Waals surface area contributed by atoms with Gasteiger partial charge in [0.15, 0.2) is 6.61 Å². The van der Waals surface area contributed by atoms with Crippen molar-refractivity contribution < 1.29 is 27.5 Å². The Kier molecular flexibility index (Phi) is 6.66. The minimum Gasteiger partial charge on any atom is -0.455 e. The van der Waals surface area contributed by atoms with Crippen LogP contribution in [0.1, 0.15) is 11.1 Å². The Labute approximate surface area is 160 Å². The SMILES string of the molecule is O=C(COC(=O)Cc1ccc(Br)cc1)Nc1cc(C(F)(F)F)ccc1Cl. The van der Waals surface area contributed by atoms with E-state index >= 15 is 0 Å². The van der Waals surface area contributed by atoms with E-state index < -0.39 is 30.2 Å². The van der Waals surface area contributed by atoms with E-state index in [0.29, 0.717) is 11.6 Å². The van der Waals surface area contributed by atoms with E-state index in [2.05, 4.69) is 21.2 Å². The Bertz CT molecular complexity index is 810. The van der Waals surface area contributed by atoms with Crippen LogP contribution in [0.2, 0.25) is 5.02 Å². The summed E-state index contributed by atoms with van der Waals surface area (Å²) < 4.78 is 43.8. The number of halogens is 5. The average Bonchev–Trinajstić information content (AvgIpc) is 2.56. The summed E-state index contributed by atoms with van der Waals surface area (Å²) in [4.78, 5) is 23.5. The molecule has 1 amide bonds. The van der Waals surface area contributed by atoms with Crippen molar-refractivity contribution in [2.24, 2.45) is 0 Å². The van der Waals surface area contributed by atoms with Gasteiger partial charge in [0.25, 0.3) is 5.91 Å². The zero-order chi connectivity index (χ0) is 19.3. The molecule has 2 aromatic rings. The van der Waals surface area contributed by atoms with Crippen molar-refractivity contribution in [1.82, 2.24) is 0 Å². The van der Waals surface area contributed by atoms with Gasteiger partial charge in [-0.1, -0.05) is 39.7 Å². The fourth-order valence-corrected chi connectivity index (χ4v) is 2.38. The van der Waals surface area contributed by atoms with Crippen molar-refractivity contribution in [3.05, 3.63) is 63.1 Å². The molecule has 138 valence electrons. The van der Waals surface area contributed by atoms with Crippen LogP contribution in [0, 0.1) is 0 Å². The van der Waals surface area contributed by atoms with Gasteiger partial charge >= 0.3 is 12.1 Å². The molecule has 0 spiro atoms. The van der Waals surface area contributed by atoms with Gasteiger partial charge in [-0.25, -0.2) is 0 Å². The fraction of sp³-hybridized carbons (Fsp3) is 0.176. The van der Waals surface area contributed by atoms with Gasteiger partial charge in [-0.2, -0.15) is 13.2 Å². The van der Waals surface area contributed by atoms with E-state index in [-0.39, 0.29) is 17.1 Å². The maximum absolute atomic E-state index is 12.7. The van der Waals surface area contributed by atoms with Crippen LogP contribution in [-0.2, 0) is 26.9 Å². The number of nitrogens with one attached hydrogen (secondary N) is 1. The van der Waals surface area contributed by atoms with Gasteiger partial charge in [-0.05, 0) is 35.9 Å². The lowest BCUT2D eigenvalue weighted by molar-refractivity contribution is -0.146. The van der Waals surface area contributed by atoms with Crippen molar-refractivity contribution in [2.75, 3.05) is 11.9 Å². The van der Waals surface area contributed by atoms with E-state index in [1.165, 1.54) is 0 Å². The molecule has 0 bridgehead atoms. The van der Waals surface area contributed by atoms with E-state index in [0.717, 1.165) is 16.6 Å². The second-order valence-corrected chi connectivity index (χ2v) is 6.53. The van der Waals surface area contributed by atoms with Crippen molar-refractivity contribution >= 4 is 45.1 Å². The molecule has 0 aliphatic rings. The summed E-state index contributed by atoms with van der Waals surface area (Å²) in [5.41, 5.74) is -0.473. The molecule has 26 heavy (non-hydrogen) atoms. The average molecular weight is 451 g/mol. The highest BCUT2D eigenvalue weighted by atomic mass is 79.9. The lowest BCUT2D eigenvalue weighted by atomic mass is 10.2. The molecule has 9 heteroatoms. The Hall–Kier alpha value is -2.06. The summed E-state index contributed by atoms with van der Waals surface area (Å²) in [7, 11) is 0. The number of hydrogen-bond donors (Lipinski definition) is 1. The van der Waals surface area contributed by atoms with Gasteiger partial charge in [-0.3, -0.25) is 9.59 Å². The van der Waals surface area contributed by atoms with Crippen LogP contribution in [-0.4, -0.2) is 18.5 Å². The highest BCUT2D eigenvalue weighted by molar-refractivity contribution is 9.10. The number of rotatable bonds is 5. The quantitative estimate of drug-likeness (QED) is 0.663. The van der Waals surface area contributed by atoms with Gasteiger partial charge in [0.2, 0.25) is 0 Å². The molecular weight excluding hydrogens is 439 g/mol. The third kappa shape index (κ3) is 6.03. The van der Waals surface area contributed by atoms with Gasteiger partial charge in [0.05, 0.1) is 22.7 Å². The number of anilines is 1. The maximum Gasteiger partial charge on any atom is 0.416 e. The third-order valence-corrected chi connectivity index (χ3v) is 4.05. The fourth-order valence-electron chi connectivity index (χ4n) is 1.95. The van der Waals surface area contributed by atoms with E-state index in [9.17, 15) is 22.8 Å². The third-order valence-electron chi connectivity index (χ3n) is 3.19. The summed E-state index contributed by atoms with van der Waals surface area (Å²) in [6.07, 6.45) is -4.61. The molecule has 0 fully saturated rings.